The number of ether oxygens (including phenoxy) is 2. The average Bonchev–Trinajstić information content (AvgIpc) is 2.40. The molecule has 0 unspecified atom stereocenters. The Kier molecular flexibility index (Phi) is 3.39. The van der Waals surface area contributed by atoms with Crippen LogP contribution in [-0.4, -0.2) is 32.4 Å². The number of Topliss-reactive ketones (excluding diaryl/α,β-unsaturated/α-hetero) is 1. The maximum absolute atomic E-state index is 11.6. The van der Waals surface area contributed by atoms with Crippen LogP contribution < -0.4 is 0 Å². The van der Waals surface area contributed by atoms with Gasteiger partial charge in [0.15, 0.2) is 11.9 Å². The van der Waals surface area contributed by atoms with E-state index in [0.717, 1.165) is 0 Å². The highest BCUT2D eigenvalue weighted by atomic mass is 28.3. The number of carbonyl (C=O) groups is 1. The zero-order valence-electron chi connectivity index (χ0n) is 10.0. The summed E-state index contributed by atoms with van der Waals surface area (Å²) in [5.41, 5.74) is 3.03. The third kappa shape index (κ3) is 4.16. The summed E-state index contributed by atoms with van der Waals surface area (Å²) in [6, 6.07) is 0. The molecular weight excluding hydrogens is 208 g/mol. The molecule has 0 aliphatic carbocycles. The highest BCUT2D eigenvalue weighted by Gasteiger charge is 2.36. The smallest absolute Gasteiger partial charge is 0.236 e. The lowest BCUT2D eigenvalue weighted by atomic mass is 10.2. The molecule has 1 fully saturated rings. The summed E-state index contributed by atoms with van der Waals surface area (Å²) >= 11 is 0. The van der Waals surface area contributed by atoms with Gasteiger partial charge in [0.2, 0.25) is 5.78 Å². The van der Waals surface area contributed by atoms with Crippen molar-refractivity contribution in [3.63, 3.8) is 0 Å². The van der Waals surface area contributed by atoms with Gasteiger partial charge >= 0.3 is 0 Å². The van der Waals surface area contributed by atoms with Crippen molar-refractivity contribution in [2.45, 2.75) is 45.4 Å². The molecule has 0 saturated carbocycles. The van der Waals surface area contributed by atoms with Gasteiger partial charge in [-0.1, -0.05) is 19.6 Å². The number of carbonyl (C=O) groups excluding carboxylic acids is 1. The van der Waals surface area contributed by atoms with E-state index in [4.69, 9.17) is 9.47 Å². The second-order valence-corrected chi connectivity index (χ2v) is 9.93. The van der Waals surface area contributed by atoms with Crippen LogP contribution in [0.3, 0.4) is 0 Å². The molecule has 0 aromatic carbocycles. The standard InChI is InChI=1S/C11H18O3Si/c1-11(2)13-8-10(14-11)9(12)6-7-15(3,4)5/h10H,8H2,1-5H3/t10-/m0/s1. The van der Waals surface area contributed by atoms with Crippen molar-refractivity contribution in [1.29, 1.82) is 0 Å². The second kappa shape index (κ2) is 4.09. The molecule has 84 valence electrons. The first-order valence-corrected chi connectivity index (χ1v) is 8.58. The van der Waals surface area contributed by atoms with Gasteiger partial charge in [0.1, 0.15) is 8.07 Å². The van der Waals surface area contributed by atoms with Gasteiger partial charge in [-0.2, -0.15) is 0 Å². The van der Waals surface area contributed by atoms with Crippen LogP contribution in [0.25, 0.3) is 0 Å². The molecule has 0 aromatic heterocycles. The number of hydrogen-bond donors (Lipinski definition) is 0. The first-order valence-electron chi connectivity index (χ1n) is 5.08. The molecule has 4 heteroatoms. The molecule has 1 aliphatic heterocycles. The van der Waals surface area contributed by atoms with Crippen molar-refractivity contribution >= 4 is 13.9 Å². The van der Waals surface area contributed by atoms with Crippen LogP contribution in [0.1, 0.15) is 13.8 Å². The zero-order valence-corrected chi connectivity index (χ0v) is 11.0. The van der Waals surface area contributed by atoms with Gasteiger partial charge in [-0.25, -0.2) is 0 Å². The van der Waals surface area contributed by atoms with Gasteiger partial charge in [-0.15, -0.1) is 5.54 Å². The van der Waals surface area contributed by atoms with Crippen molar-refractivity contribution < 1.29 is 14.3 Å². The SMILES string of the molecule is CC1(C)OC[C@@H](C(=O)C#C[Si](C)(C)C)O1. The van der Waals surface area contributed by atoms with Crippen LogP contribution in [0, 0.1) is 11.5 Å². The van der Waals surface area contributed by atoms with Crippen LogP contribution in [0.4, 0.5) is 0 Å². The van der Waals surface area contributed by atoms with Crippen molar-refractivity contribution in [1.82, 2.24) is 0 Å². The van der Waals surface area contributed by atoms with E-state index < -0.39 is 20.0 Å². The predicted molar refractivity (Wildman–Crippen MR) is 61.0 cm³/mol. The van der Waals surface area contributed by atoms with Gasteiger partial charge in [-0.05, 0) is 19.8 Å². The molecule has 1 saturated heterocycles. The average molecular weight is 226 g/mol. The van der Waals surface area contributed by atoms with Gasteiger partial charge < -0.3 is 9.47 Å². The largest absolute Gasteiger partial charge is 0.347 e. The van der Waals surface area contributed by atoms with E-state index in [0.29, 0.717) is 6.61 Å². The zero-order chi connectivity index (χ0) is 11.7. The normalized spacial score (nSPS) is 24.5. The lowest BCUT2D eigenvalue weighted by Crippen LogP contribution is -2.26. The lowest BCUT2D eigenvalue weighted by molar-refractivity contribution is -0.148. The molecule has 3 nitrogen and oxygen atoms in total. The third-order valence-electron chi connectivity index (χ3n) is 1.86. The van der Waals surface area contributed by atoms with Crippen LogP contribution in [0.15, 0.2) is 0 Å². The van der Waals surface area contributed by atoms with Crippen LogP contribution in [-0.2, 0) is 14.3 Å². The predicted octanol–water partition coefficient (Wildman–Crippen LogP) is 1.59. The molecule has 0 bridgehead atoms. The Hall–Kier alpha value is -0.633. The lowest BCUT2D eigenvalue weighted by Gasteiger charge is -2.15. The number of hydrogen-bond acceptors (Lipinski definition) is 3. The Morgan fingerprint density at radius 3 is 2.40 bits per heavy atom. The van der Waals surface area contributed by atoms with E-state index in [1.54, 1.807) is 13.8 Å². The summed E-state index contributed by atoms with van der Waals surface area (Å²) in [4.78, 5) is 11.6. The minimum absolute atomic E-state index is 0.164. The van der Waals surface area contributed by atoms with Gasteiger partial charge in [0.25, 0.3) is 0 Å². The highest BCUT2D eigenvalue weighted by molar-refractivity contribution is 6.84. The van der Waals surface area contributed by atoms with E-state index >= 15 is 0 Å². The van der Waals surface area contributed by atoms with Gasteiger partial charge in [-0.3, -0.25) is 4.79 Å². The van der Waals surface area contributed by atoms with Crippen molar-refractivity contribution in [2.24, 2.45) is 0 Å². The molecule has 1 heterocycles. The molecule has 0 aromatic rings. The molecule has 0 amide bonds. The van der Waals surface area contributed by atoms with E-state index in [2.05, 4.69) is 31.1 Å². The van der Waals surface area contributed by atoms with Gasteiger partial charge in [0, 0.05) is 0 Å². The third-order valence-corrected chi connectivity index (χ3v) is 2.74. The molecule has 15 heavy (non-hydrogen) atoms. The molecular formula is C11H18O3Si. The highest BCUT2D eigenvalue weighted by Crippen LogP contribution is 2.22. The van der Waals surface area contributed by atoms with E-state index in [9.17, 15) is 4.79 Å². The fourth-order valence-electron chi connectivity index (χ4n) is 1.15. The molecule has 1 atom stereocenters. The molecule has 1 rings (SSSR count). The second-order valence-electron chi connectivity index (χ2n) is 5.18. The summed E-state index contributed by atoms with van der Waals surface area (Å²) in [5.74, 6) is 1.85. The molecule has 0 radical (unpaired) electrons. The Bertz CT molecular complexity index is 317. The van der Waals surface area contributed by atoms with Crippen molar-refractivity contribution in [3.8, 4) is 11.5 Å². The van der Waals surface area contributed by atoms with Crippen molar-refractivity contribution in [3.05, 3.63) is 0 Å². The Labute approximate surface area is 92.2 Å². The summed E-state index contributed by atoms with van der Waals surface area (Å²) in [6.07, 6.45) is -0.510. The van der Waals surface area contributed by atoms with Gasteiger partial charge in [0.05, 0.1) is 6.61 Å². The van der Waals surface area contributed by atoms with Crippen LogP contribution in [0.2, 0.25) is 19.6 Å². The summed E-state index contributed by atoms with van der Waals surface area (Å²) < 4.78 is 10.7. The van der Waals surface area contributed by atoms with E-state index in [1.165, 1.54) is 0 Å². The minimum atomic E-state index is -1.48. The van der Waals surface area contributed by atoms with Crippen LogP contribution >= 0.6 is 0 Å². The van der Waals surface area contributed by atoms with Crippen molar-refractivity contribution in [2.75, 3.05) is 6.61 Å². The molecule has 0 N–H and O–H groups in total. The summed E-state index contributed by atoms with van der Waals surface area (Å²) in [7, 11) is -1.48. The quantitative estimate of drug-likeness (QED) is 0.503. The number of ketones is 1. The molecule has 0 spiro atoms. The minimum Gasteiger partial charge on any atom is -0.347 e. The Balaban J connectivity index is 2.60. The van der Waals surface area contributed by atoms with E-state index in [-0.39, 0.29) is 5.78 Å². The Morgan fingerprint density at radius 2 is 2.00 bits per heavy atom. The maximum Gasteiger partial charge on any atom is 0.236 e. The summed E-state index contributed by atoms with van der Waals surface area (Å²) in [5, 5.41) is 0. The Morgan fingerprint density at radius 1 is 1.40 bits per heavy atom. The first kappa shape index (κ1) is 12.4. The fraction of sp³-hybridized carbons (Fsp3) is 0.727. The maximum atomic E-state index is 11.6. The summed E-state index contributed by atoms with van der Waals surface area (Å²) in [6.45, 7) is 10.2. The van der Waals surface area contributed by atoms with Crippen LogP contribution in [0.5, 0.6) is 0 Å². The number of rotatable bonds is 1. The van der Waals surface area contributed by atoms with E-state index in [1.807, 2.05) is 0 Å². The first-order chi connectivity index (χ1) is 6.70. The molecule has 1 aliphatic rings. The fourth-order valence-corrected chi connectivity index (χ4v) is 1.64. The topological polar surface area (TPSA) is 35.5 Å². The monoisotopic (exact) mass is 226 g/mol.